The van der Waals surface area contributed by atoms with E-state index in [1.165, 1.54) is 11.1 Å². The number of fused-ring (bicyclic) bond motifs is 1. The van der Waals surface area contributed by atoms with E-state index < -0.39 is 5.60 Å². The number of ether oxygens (including phenoxy) is 1. The monoisotopic (exact) mass is 339 g/mol. The molecular weight excluding hydrogens is 318 g/mol. The summed E-state index contributed by atoms with van der Waals surface area (Å²) in [6.07, 6.45) is 1.63. The molecule has 0 N–H and O–H groups in total. The largest absolute Gasteiger partial charge is 0.444 e. The van der Waals surface area contributed by atoms with Gasteiger partial charge in [0.05, 0.1) is 0 Å². The lowest BCUT2D eigenvalue weighted by Gasteiger charge is -2.37. The maximum absolute atomic E-state index is 12.4. The minimum Gasteiger partial charge on any atom is -0.444 e. The average Bonchev–Trinajstić information content (AvgIpc) is 2.36. The van der Waals surface area contributed by atoms with Gasteiger partial charge in [0.15, 0.2) is 0 Å². The highest BCUT2D eigenvalue weighted by Gasteiger charge is 2.32. The maximum Gasteiger partial charge on any atom is 0.410 e. The maximum atomic E-state index is 12.4. The van der Waals surface area contributed by atoms with Crippen LogP contribution in [-0.2, 0) is 17.7 Å². The number of amides is 1. The van der Waals surface area contributed by atoms with Crippen LogP contribution in [0.4, 0.5) is 4.79 Å². The van der Waals surface area contributed by atoms with Crippen molar-refractivity contribution in [2.24, 2.45) is 0 Å². The van der Waals surface area contributed by atoms with Gasteiger partial charge in [0.1, 0.15) is 5.60 Å². The molecule has 1 aromatic rings. The van der Waals surface area contributed by atoms with Crippen LogP contribution in [0.1, 0.15) is 38.3 Å². The first kappa shape index (κ1) is 15.4. The van der Waals surface area contributed by atoms with E-state index in [0.717, 1.165) is 18.2 Å². The lowest BCUT2D eigenvalue weighted by Crippen LogP contribution is -2.46. The van der Waals surface area contributed by atoms with Crippen molar-refractivity contribution in [1.82, 2.24) is 4.90 Å². The summed E-state index contributed by atoms with van der Waals surface area (Å²) in [4.78, 5) is 14.3. The molecule has 1 aromatic carbocycles. The number of hydrogen-bond acceptors (Lipinski definition) is 2. The fraction of sp³-hybridized carbons (Fsp3) is 0.562. The van der Waals surface area contributed by atoms with Crippen molar-refractivity contribution in [3.8, 4) is 0 Å². The highest BCUT2D eigenvalue weighted by Crippen LogP contribution is 2.27. The summed E-state index contributed by atoms with van der Waals surface area (Å²) in [5.41, 5.74) is 2.12. The molecule has 0 aliphatic carbocycles. The van der Waals surface area contributed by atoms with Crippen molar-refractivity contribution < 1.29 is 9.53 Å². The Morgan fingerprint density at radius 1 is 1.35 bits per heavy atom. The van der Waals surface area contributed by atoms with E-state index >= 15 is 0 Å². The van der Waals surface area contributed by atoms with E-state index in [2.05, 4.69) is 34.1 Å². The van der Waals surface area contributed by atoms with E-state index in [9.17, 15) is 4.79 Å². The third-order valence-corrected chi connectivity index (χ3v) is 3.88. The number of hydrogen-bond donors (Lipinski definition) is 0. The molecule has 0 aromatic heterocycles. The van der Waals surface area contributed by atoms with Crippen molar-refractivity contribution in [3.63, 3.8) is 0 Å². The zero-order valence-corrected chi connectivity index (χ0v) is 13.9. The highest BCUT2D eigenvalue weighted by molar-refractivity contribution is 9.09. The molecule has 0 bridgehead atoms. The van der Waals surface area contributed by atoms with Crippen LogP contribution in [0.3, 0.4) is 0 Å². The second-order valence-electron chi connectivity index (χ2n) is 6.21. The second-order valence-corrected chi connectivity index (χ2v) is 7.01. The Balaban J connectivity index is 2.19. The zero-order chi connectivity index (χ0) is 14.8. The Labute approximate surface area is 129 Å². The Morgan fingerprint density at radius 3 is 2.60 bits per heavy atom. The minimum absolute atomic E-state index is 0.208. The lowest BCUT2D eigenvalue weighted by atomic mass is 9.93. The number of halogens is 1. The summed E-state index contributed by atoms with van der Waals surface area (Å²) in [6, 6.07) is 8.54. The summed E-state index contributed by atoms with van der Waals surface area (Å²) in [7, 11) is 0. The molecule has 1 aliphatic rings. The van der Waals surface area contributed by atoms with Crippen LogP contribution >= 0.6 is 15.9 Å². The molecule has 0 spiro atoms. The van der Waals surface area contributed by atoms with Gasteiger partial charge < -0.3 is 9.64 Å². The first-order valence-corrected chi connectivity index (χ1v) is 8.15. The van der Waals surface area contributed by atoms with Crippen LogP contribution in [0.5, 0.6) is 0 Å². The topological polar surface area (TPSA) is 29.5 Å². The van der Waals surface area contributed by atoms with Crippen molar-refractivity contribution in [2.45, 2.75) is 51.8 Å². The van der Waals surface area contributed by atoms with Gasteiger partial charge in [-0.05, 0) is 44.7 Å². The van der Waals surface area contributed by atoms with Crippen molar-refractivity contribution in [3.05, 3.63) is 35.4 Å². The molecule has 1 heterocycles. The number of carbonyl (C=O) groups is 1. The molecule has 2 rings (SSSR count). The third kappa shape index (κ3) is 3.75. The summed E-state index contributed by atoms with van der Waals surface area (Å²) in [5.74, 6) is 0. The molecule has 0 fully saturated rings. The Bertz CT molecular complexity index is 482. The van der Waals surface area contributed by atoms with Gasteiger partial charge in [0.2, 0.25) is 0 Å². The number of carbonyl (C=O) groups excluding carboxylic acids is 1. The molecule has 0 unspecified atom stereocenters. The van der Waals surface area contributed by atoms with Crippen molar-refractivity contribution >= 4 is 22.0 Å². The van der Waals surface area contributed by atoms with E-state index in [1.807, 2.05) is 31.7 Å². The number of benzene rings is 1. The Kier molecular flexibility index (Phi) is 4.74. The molecule has 1 atom stereocenters. The summed E-state index contributed by atoms with van der Waals surface area (Å²) in [6.45, 7) is 6.36. The molecule has 4 heteroatoms. The van der Waals surface area contributed by atoms with Gasteiger partial charge in [0, 0.05) is 17.9 Å². The van der Waals surface area contributed by atoms with Crippen LogP contribution in [-0.4, -0.2) is 28.0 Å². The van der Waals surface area contributed by atoms with E-state index in [4.69, 9.17) is 4.74 Å². The number of alkyl halides is 1. The highest BCUT2D eigenvalue weighted by atomic mass is 79.9. The normalized spacial score (nSPS) is 18.6. The van der Waals surface area contributed by atoms with Crippen LogP contribution < -0.4 is 0 Å². The molecule has 1 amide bonds. The molecule has 20 heavy (non-hydrogen) atoms. The van der Waals surface area contributed by atoms with E-state index in [1.54, 1.807) is 0 Å². The van der Waals surface area contributed by atoms with Gasteiger partial charge in [-0.25, -0.2) is 4.79 Å². The van der Waals surface area contributed by atoms with Gasteiger partial charge in [-0.15, -0.1) is 0 Å². The fourth-order valence-electron chi connectivity index (χ4n) is 2.51. The van der Waals surface area contributed by atoms with Crippen LogP contribution in [0.2, 0.25) is 0 Å². The summed E-state index contributed by atoms with van der Waals surface area (Å²) < 4.78 is 5.54. The first-order chi connectivity index (χ1) is 9.40. The van der Waals surface area contributed by atoms with E-state index in [0.29, 0.717) is 6.54 Å². The van der Waals surface area contributed by atoms with Crippen LogP contribution in [0.25, 0.3) is 0 Å². The van der Waals surface area contributed by atoms with Gasteiger partial charge >= 0.3 is 6.09 Å². The average molecular weight is 340 g/mol. The number of nitrogens with zero attached hydrogens (tertiary/aromatic N) is 1. The standard InChI is InChI=1S/C16H22BrNO2/c1-16(2,3)20-15(19)18-11-13-7-5-4-6-12(13)10-14(18)8-9-17/h4-7,14H,8-11H2,1-3H3/t14-/m1/s1. The van der Waals surface area contributed by atoms with Gasteiger partial charge in [0.25, 0.3) is 0 Å². The molecule has 3 nitrogen and oxygen atoms in total. The lowest BCUT2D eigenvalue weighted by molar-refractivity contribution is 0.0117. The molecule has 1 aliphatic heterocycles. The molecule has 0 saturated heterocycles. The van der Waals surface area contributed by atoms with E-state index in [-0.39, 0.29) is 12.1 Å². The Morgan fingerprint density at radius 2 is 2.00 bits per heavy atom. The van der Waals surface area contributed by atoms with Crippen LogP contribution in [0.15, 0.2) is 24.3 Å². The fourth-order valence-corrected chi connectivity index (χ4v) is 3.03. The first-order valence-electron chi connectivity index (χ1n) is 7.03. The predicted molar refractivity (Wildman–Crippen MR) is 84.1 cm³/mol. The zero-order valence-electron chi connectivity index (χ0n) is 12.4. The van der Waals surface area contributed by atoms with Gasteiger partial charge in [-0.2, -0.15) is 0 Å². The van der Waals surface area contributed by atoms with Crippen LogP contribution in [0, 0.1) is 0 Å². The molecular formula is C16H22BrNO2. The smallest absolute Gasteiger partial charge is 0.410 e. The SMILES string of the molecule is CC(C)(C)OC(=O)N1Cc2ccccc2C[C@H]1CCBr. The third-order valence-electron chi connectivity index (χ3n) is 3.43. The minimum atomic E-state index is -0.451. The van der Waals surface area contributed by atoms with Crippen molar-refractivity contribution in [1.29, 1.82) is 0 Å². The van der Waals surface area contributed by atoms with Gasteiger partial charge in [-0.1, -0.05) is 40.2 Å². The van der Waals surface area contributed by atoms with Gasteiger partial charge in [-0.3, -0.25) is 0 Å². The summed E-state index contributed by atoms with van der Waals surface area (Å²) in [5, 5.41) is 0.888. The molecule has 0 saturated carbocycles. The Hall–Kier alpha value is -1.03. The summed E-state index contributed by atoms with van der Waals surface area (Å²) >= 11 is 3.48. The quantitative estimate of drug-likeness (QED) is 0.758. The second kappa shape index (κ2) is 6.17. The number of rotatable bonds is 2. The molecule has 110 valence electrons. The molecule has 0 radical (unpaired) electrons. The van der Waals surface area contributed by atoms with Crippen molar-refractivity contribution in [2.75, 3.05) is 5.33 Å². The predicted octanol–water partition coefficient (Wildman–Crippen LogP) is 4.13.